The molecule has 1 saturated heterocycles. The number of phenols is 1. The summed E-state index contributed by atoms with van der Waals surface area (Å²) in [7, 11) is 11.1. The number of methoxy groups -OCH3 is 3. The maximum absolute atomic E-state index is 12.6. The minimum absolute atomic E-state index is 0.0414. The molecule has 0 bridgehead atoms. The number of carbonyl (C=O) groups is 6. The molecule has 1 aliphatic rings. The lowest BCUT2D eigenvalue weighted by Gasteiger charge is -2.27. The zero-order valence-electron chi connectivity index (χ0n) is 77.2. The summed E-state index contributed by atoms with van der Waals surface area (Å²) >= 11 is 18.3. The Hall–Kier alpha value is -16.8. The molecule has 1 fully saturated rings. The molecule has 0 saturated carbocycles. The van der Waals surface area contributed by atoms with Crippen LogP contribution in [0.5, 0.6) is 5.75 Å². The third-order valence-electron chi connectivity index (χ3n) is 19.8. The van der Waals surface area contributed by atoms with Crippen LogP contribution in [0.1, 0.15) is 97.3 Å². The van der Waals surface area contributed by atoms with Crippen molar-refractivity contribution >= 4 is 148 Å². The first-order chi connectivity index (χ1) is 66.3. The number of aryl methyl sites for hydroxylation is 3. The molecule has 712 valence electrons. The number of aldehydes is 1. The van der Waals surface area contributed by atoms with Crippen molar-refractivity contribution in [2.24, 2.45) is 0 Å². The van der Waals surface area contributed by atoms with Gasteiger partial charge in [-0.1, -0.05) is 165 Å². The Bertz CT molecular complexity index is 6640. The van der Waals surface area contributed by atoms with E-state index in [0.29, 0.717) is 99.5 Å². The number of nitrogens with zero attached hydrogens (tertiary/aromatic N) is 15. The van der Waals surface area contributed by atoms with E-state index in [2.05, 4.69) is 105 Å². The third kappa shape index (κ3) is 31.2. The van der Waals surface area contributed by atoms with Gasteiger partial charge in [0, 0.05) is 145 Å². The van der Waals surface area contributed by atoms with Crippen molar-refractivity contribution in [1.29, 1.82) is 0 Å². The average molecular weight is 1930 g/mol. The van der Waals surface area contributed by atoms with E-state index < -0.39 is 5.97 Å². The van der Waals surface area contributed by atoms with E-state index in [4.69, 9.17) is 79.7 Å². The van der Waals surface area contributed by atoms with E-state index >= 15 is 0 Å². The minimum atomic E-state index is -0.399. The van der Waals surface area contributed by atoms with Gasteiger partial charge in [0.2, 0.25) is 41.6 Å². The predicted octanol–water partition coefficient (Wildman–Crippen LogP) is 15.2. The number of aromatic hydroxyl groups is 1. The molecule has 7 aromatic carbocycles. The smallest absolute Gasteiger partial charge is 0.337 e. The van der Waals surface area contributed by atoms with E-state index in [0.717, 1.165) is 110 Å². The summed E-state index contributed by atoms with van der Waals surface area (Å²) in [4.78, 5) is 127. The molecule has 138 heavy (non-hydrogen) atoms. The summed E-state index contributed by atoms with van der Waals surface area (Å²) in [6, 6.07) is 57.8. The number of nitrogen functional groups attached to an aromatic ring is 7. The fourth-order valence-electron chi connectivity index (χ4n) is 12.6. The molecule has 19 N–H and O–H groups in total. The van der Waals surface area contributed by atoms with Gasteiger partial charge in [-0.2, -0.15) is 19.9 Å². The first kappa shape index (κ1) is 105. The van der Waals surface area contributed by atoms with Gasteiger partial charge in [0.1, 0.15) is 40.3 Å². The fourth-order valence-corrected chi connectivity index (χ4v) is 13.2. The van der Waals surface area contributed by atoms with Gasteiger partial charge in [0.05, 0.1) is 95.6 Å². The minimum Gasteiger partial charge on any atom is -0.506 e. The first-order valence-electron chi connectivity index (χ1n) is 42.4. The molecule has 0 aliphatic carbocycles. The number of ketones is 1. The zero-order chi connectivity index (χ0) is 100. The monoisotopic (exact) mass is 1920 g/mol. The number of aromatic nitrogens is 14. The summed E-state index contributed by atoms with van der Waals surface area (Å²) in [5.74, 6) is 2.84. The summed E-state index contributed by atoms with van der Waals surface area (Å²) in [5, 5.41) is 21.9. The molecule has 0 atom stereocenters. The number of anilines is 11. The number of nitrogens with two attached hydrogens (primary N) is 7. The Morgan fingerprint density at radius 2 is 0.754 bits per heavy atom. The normalized spacial score (nSPS) is 11.1. The number of Topliss-reactive ketones (excluding diaryl/α,β-unsaturated/α-hetero) is 1. The fraction of sp³-hybridized carbons (Fsp3) is 0.184. The molecule has 37 nitrogen and oxygen atoms in total. The standard InChI is InChI=1S/C16H18ClN5O2.2C15H16N4O2.C14H15N3O2.C13H14N4O.C13H13N3O.C12H11Cl2N3O/c1-19-14-9-13(20-16(18)21-14)10-2-3-11(12(17)8-10)15(23)22-4-6-24-7-5-22;1-17-13-9-12(18-15(16)19-13)11-6-3-10(4-7-11)5-8-14(20)21-2;1-17-13-9-12(18-15(16)19-13)11-5-3-4-10(8-11)6-7-14(20)21-2;1-3-11-8-12(17-14(15)16-11)9-4-6-10(7-5-9)13(18)19-2;1-8(18)9-3-5-10(6-4-9)11-7-12(15-2)17-13(14)16-11;1-2-11-7-12(16-13(14)15-11)10-5-3-9(8-17)4-6-10;1-2-6-5-8(17-12(15)16-6)7-3-4-9(18)11(14)10(7)13/h2-3,8-9H,4-7H2,1H3,(H3,18,19,20,21);2*3-9H,1-2H3,(H3,16,17,18,19);4-8H,3H2,1-2H3,(H2,15,16,17);3-7H,1-2H3,(H3,14,15,16,17);3-8H,2H2,1H3,(H2,14,15,16);3-5,18H,2H2,1H3,(H2,15,16,17)/b;8-5+;7-6+;;;;. The number of ether oxygens (including phenoxy) is 4. The molecular formula is C98H103Cl3N26O11. The average Bonchev–Trinajstić information content (AvgIpc) is 0.771. The van der Waals surface area contributed by atoms with Crippen LogP contribution in [-0.2, 0) is 47.8 Å². The van der Waals surface area contributed by atoms with Crippen LogP contribution in [0.2, 0.25) is 15.1 Å². The summed E-state index contributed by atoms with van der Waals surface area (Å²) in [6.45, 7) is 9.78. The molecule has 1 aliphatic heterocycles. The van der Waals surface area contributed by atoms with Crippen molar-refractivity contribution in [3.8, 4) is 84.6 Å². The first-order valence-corrected chi connectivity index (χ1v) is 43.6. The van der Waals surface area contributed by atoms with E-state index in [1.165, 1.54) is 46.5 Å². The second-order valence-electron chi connectivity index (χ2n) is 29.1. The largest absolute Gasteiger partial charge is 0.506 e. The van der Waals surface area contributed by atoms with Crippen LogP contribution in [0.4, 0.5) is 64.9 Å². The zero-order valence-corrected chi connectivity index (χ0v) is 79.5. The highest BCUT2D eigenvalue weighted by Crippen LogP contribution is 2.39. The lowest BCUT2D eigenvalue weighted by Crippen LogP contribution is -2.40. The van der Waals surface area contributed by atoms with Crippen molar-refractivity contribution in [3.05, 3.63) is 272 Å². The molecule has 1 amide bonds. The number of phenolic OH excluding ortho intramolecular Hbond substituents is 1. The number of morpholine rings is 1. The van der Waals surface area contributed by atoms with Gasteiger partial charge in [-0.3, -0.25) is 14.4 Å². The van der Waals surface area contributed by atoms with Crippen molar-refractivity contribution in [2.75, 3.05) is 137 Å². The van der Waals surface area contributed by atoms with E-state index in [9.17, 15) is 33.9 Å². The Labute approximate surface area is 811 Å². The second kappa shape index (κ2) is 52.0. The maximum Gasteiger partial charge on any atom is 0.337 e. The number of halogens is 3. The number of benzene rings is 7. The molecule has 0 unspecified atom stereocenters. The van der Waals surface area contributed by atoms with Crippen LogP contribution < -0.4 is 61.4 Å². The summed E-state index contributed by atoms with van der Waals surface area (Å²) in [6.07, 6.45) is 9.26. The molecule has 8 heterocycles. The number of hydrogen-bond acceptors (Lipinski definition) is 36. The number of hydrogen-bond donors (Lipinski definition) is 12. The highest BCUT2D eigenvalue weighted by atomic mass is 35.5. The van der Waals surface area contributed by atoms with Crippen molar-refractivity contribution in [2.45, 2.75) is 47.0 Å². The topological polar surface area (TPSA) is 574 Å². The van der Waals surface area contributed by atoms with Gasteiger partial charge < -0.3 is 90.4 Å². The van der Waals surface area contributed by atoms with Gasteiger partial charge in [0.15, 0.2) is 5.78 Å². The number of nitrogens with one attached hydrogen (secondary N) is 4. The van der Waals surface area contributed by atoms with Crippen LogP contribution in [0.25, 0.3) is 91.0 Å². The van der Waals surface area contributed by atoms with Crippen LogP contribution in [0.3, 0.4) is 0 Å². The van der Waals surface area contributed by atoms with Crippen molar-refractivity contribution in [3.63, 3.8) is 0 Å². The Morgan fingerprint density at radius 3 is 1.14 bits per heavy atom. The van der Waals surface area contributed by atoms with E-state index in [1.54, 1.807) is 130 Å². The van der Waals surface area contributed by atoms with E-state index in [1.807, 2.05) is 124 Å². The highest BCUT2D eigenvalue weighted by Gasteiger charge is 2.23. The number of carbonyl (C=O) groups excluding carboxylic acids is 6. The lowest BCUT2D eigenvalue weighted by atomic mass is 10.1. The van der Waals surface area contributed by atoms with Crippen molar-refractivity contribution in [1.82, 2.24) is 74.7 Å². The maximum atomic E-state index is 12.6. The second-order valence-corrected chi connectivity index (χ2v) is 30.3. The lowest BCUT2D eigenvalue weighted by molar-refractivity contribution is -0.135. The van der Waals surface area contributed by atoms with Crippen LogP contribution in [0.15, 0.2) is 206 Å². The van der Waals surface area contributed by atoms with Crippen LogP contribution in [0, 0.1) is 0 Å². The van der Waals surface area contributed by atoms with Gasteiger partial charge in [-0.05, 0) is 110 Å². The SMILES string of the molecule is CCc1cc(-c2ccc(C(=O)OC)cc2)nc(N)n1.CCc1cc(-c2ccc(C=O)cc2)nc(N)n1.CCc1cc(-c2ccc(O)c(Cl)c2Cl)nc(N)n1.CNc1cc(-c2ccc(/C=C/C(=O)OC)cc2)nc(N)n1.CNc1cc(-c2ccc(C(=O)N3CCOCC3)c(Cl)c2)nc(N)n1.CNc1cc(-c2ccc(C(C)=O)cc2)nc(N)n1.CNc1cc(-c2cccc(/C=C/C(=O)OC)c2)nc(N)n1. The molecule has 40 heteroatoms. The van der Waals surface area contributed by atoms with Crippen LogP contribution in [-0.4, -0.2) is 191 Å². The summed E-state index contributed by atoms with van der Waals surface area (Å²) in [5.41, 5.74) is 57.2. The van der Waals surface area contributed by atoms with Crippen LogP contribution >= 0.6 is 34.8 Å². The number of esters is 3. The number of amides is 1. The Kier molecular flexibility index (Phi) is 39.6. The molecule has 14 aromatic rings. The third-order valence-corrected chi connectivity index (χ3v) is 20.9. The molecule has 15 rings (SSSR count). The highest BCUT2D eigenvalue weighted by molar-refractivity contribution is 6.44. The van der Waals surface area contributed by atoms with Gasteiger partial charge >= 0.3 is 17.9 Å². The molecule has 0 spiro atoms. The Morgan fingerprint density at radius 1 is 0.399 bits per heavy atom. The quantitative estimate of drug-likeness (QED) is 0.00985. The number of rotatable bonds is 22. The molecule has 0 radical (unpaired) electrons. The predicted molar refractivity (Wildman–Crippen MR) is 542 cm³/mol. The van der Waals surface area contributed by atoms with Gasteiger partial charge in [0.25, 0.3) is 5.91 Å². The summed E-state index contributed by atoms with van der Waals surface area (Å²) < 4.78 is 19.0. The van der Waals surface area contributed by atoms with E-state index in [-0.39, 0.29) is 81.1 Å². The molecular weight excluding hydrogens is 1820 g/mol. The van der Waals surface area contributed by atoms with Gasteiger partial charge in [-0.15, -0.1) is 0 Å². The molecule has 7 aromatic heterocycles. The Balaban J connectivity index is 0.000000181. The van der Waals surface area contributed by atoms with Crippen molar-refractivity contribution < 1.29 is 52.8 Å². The van der Waals surface area contributed by atoms with Gasteiger partial charge in [-0.25, -0.2) is 64.2 Å².